The van der Waals surface area contributed by atoms with E-state index in [1.165, 1.54) is 30.3 Å². The minimum atomic E-state index is -0.861. The van der Waals surface area contributed by atoms with Crippen LogP contribution in [0.15, 0.2) is 54.9 Å². The van der Waals surface area contributed by atoms with Gasteiger partial charge in [-0.15, -0.1) is 15.3 Å². The summed E-state index contributed by atoms with van der Waals surface area (Å²) in [5.74, 6) is -1.08. The van der Waals surface area contributed by atoms with Crippen LogP contribution in [0.4, 0.5) is 0 Å². The van der Waals surface area contributed by atoms with Gasteiger partial charge >= 0.3 is 5.97 Å². The molecule has 3 heterocycles. The number of benzene rings is 2. The average Bonchev–Trinajstić information content (AvgIpc) is 3.52. The van der Waals surface area contributed by atoms with Crippen LogP contribution in [-0.2, 0) is 14.3 Å². The molecule has 2 aromatic carbocycles. The first-order chi connectivity index (χ1) is 20.3. The van der Waals surface area contributed by atoms with Crippen LogP contribution in [0.2, 0.25) is 10.2 Å². The third kappa shape index (κ3) is 6.53. The monoisotopic (exact) mass is 608 g/mol. The molecule has 15 heteroatoms. The van der Waals surface area contributed by atoms with Gasteiger partial charge in [0.15, 0.2) is 5.15 Å². The first-order valence-corrected chi connectivity index (χ1v) is 13.2. The number of aromatic nitrogens is 6. The molecule has 2 aromatic heterocycles. The van der Waals surface area contributed by atoms with Crippen molar-refractivity contribution in [2.24, 2.45) is 0 Å². The summed E-state index contributed by atoms with van der Waals surface area (Å²) < 4.78 is 12.1. The van der Waals surface area contributed by atoms with Crippen LogP contribution >= 0.6 is 23.2 Å². The summed E-state index contributed by atoms with van der Waals surface area (Å²) >= 11 is 12.6. The predicted molar refractivity (Wildman–Crippen MR) is 151 cm³/mol. The minimum absolute atomic E-state index is 0.00217. The number of amides is 2. The van der Waals surface area contributed by atoms with Gasteiger partial charge in [-0.25, -0.2) is 4.79 Å². The van der Waals surface area contributed by atoms with Crippen LogP contribution in [0.1, 0.15) is 33.9 Å². The van der Waals surface area contributed by atoms with E-state index in [-0.39, 0.29) is 36.2 Å². The number of methoxy groups -OCH3 is 1. The summed E-state index contributed by atoms with van der Waals surface area (Å²) in [4.78, 5) is 38.0. The van der Waals surface area contributed by atoms with Crippen molar-refractivity contribution in [2.45, 2.75) is 12.5 Å². The lowest BCUT2D eigenvalue weighted by atomic mass is 10.0. The van der Waals surface area contributed by atoms with Gasteiger partial charge in [-0.1, -0.05) is 23.2 Å². The lowest BCUT2D eigenvalue weighted by Gasteiger charge is -2.21. The molecular weight excluding hydrogens is 587 g/mol. The van der Waals surface area contributed by atoms with E-state index in [4.69, 9.17) is 32.7 Å². The molecule has 1 aliphatic heterocycles. The molecule has 0 fully saturated rings. The number of rotatable bonds is 5. The van der Waals surface area contributed by atoms with E-state index in [0.717, 1.165) is 0 Å². The fourth-order valence-electron chi connectivity index (χ4n) is 4.24. The molecule has 0 aliphatic carbocycles. The van der Waals surface area contributed by atoms with Gasteiger partial charge in [-0.3, -0.25) is 9.59 Å². The Hall–Kier alpha value is -4.88. The van der Waals surface area contributed by atoms with E-state index >= 15 is 0 Å². The van der Waals surface area contributed by atoms with Gasteiger partial charge < -0.3 is 20.1 Å². The van der Waals surface area contributed by atoms with Gasteiger partial charge in [0.25, 0.3) is 0 Å². The van der Waals surface area contributed by atoms with Gasteiger partial charge in [-0.2, -0.15) is 4.68 Å². The van der Waals surface area contributed by atoms with Crippen molar-refractivity contribution >= 4 is 47.1 Å². The number of esters is 1. The molecule has 0 saturated heterocycles. The average molecular weight is 609 g/mol. The van der Waals surface area contributed by atoms with Crippen molar-refractivity contribution in [1.82, 2.24) is 41.0 Å². The largest absolute Gasteiger partial charge is 0.491 e. The number of carbonyl (C=O) groups is 3. The lowest BCUT2D eigenvalue weighted by molar-refractivity contribution is -0.122. The molecule has 2 amide bonds. The standard InChI is InChI=1S/C27H22Cl2N8O5/c1-41-27(40)16-2-5-18-21-12-19(26(29)34-33-21)20(13-25(39)30-8-9-42-23(18)11-16)32-24(38)7-3-15-10-17(28)4-6-22(15)37-14-31-35-36-37/h2-7,10-12,14,20H,8-9,13H2,1H3,(H,30,39)(H,32,38)/b7-3+. The summed E-state index contributed by atoms with van der Waals surface area (Å²) in [5.41, 5.74) is 2.70. The van der Waals surface area contributed by atoms with Crippen LogP contribution < -0.4 is 15.4 Å². The zero-order valence-electron chi connectivity index (χ0n) is 22.0. The minimum Gasteiger partial charge on any atom is -0.491 e. The number of hydrogen-bond acceptors (Lipinski definition) is 10. The molecule has 13 nitrogen and oxygen atoms in total. The fraction of sp³-hybridized carbons (Fsp3) is 0.185. The molecule has 1 unspecified atom stereocenters. The number of nitrogens with one attached hydrogen (secondary N) is 2. The number of ether oxygens (including phenoxy) is 2. The highest BCUT2D eigenvalue weighted by Gasteiger charge is 2.24. The second-order valence-corrected chi connectivity index (χ2v) is 9.73. The third-order valence-electron chi connectivity index (χ3n) is 6.22. The Morgan fingerprint density at radius 3 is 2.81 bits per heavy atom. The Morgan fingerprint density at radius 1 is 1.17 bits per heavy atom. The Labute approximate surface area is 248 Å². The maximum absolute atomic E-state index is 13.1. The first-order valence-electron chi connectivity index (χ1n) is 12.5. The zero-order valence-corrected chi connectivity index (χ0v) is 23.5. The quantitative estimate of drug-likeness (QED) is 0.254. The van der Waals surface area contributed by atoms with Crippen LogP contribution in [0.5, 0.6) is 5.75 Å². The molecule has 2 N–H and O–H groups in total. The number of halogens is 2. The summed E-state index contributed by atoms with van der Waals surface area (Å²) in [7, 11) is 1.28. The zero-order chi connectivity index (χ0) is 29.6. The van der Waals surface area contributed by atoms with Crippen molar-refractivity contribution in [2.75, 3.05) is 20.3 Å². The van der Waals surface area contributed by atoms with Gasteiger partial charge in [0, 0.05) is 27.8 Å². The number of tetrazole rings is 1. The Morgan fingerprint density at radius 2 is 2.02 bits per heavy atom. The molecule has 1 aliphatic rings. The Kier molecular flexibility index (Phi) is 8.69. The molecule has 0 radical (unpaired) electrons. The van der Waals surface area contributed by atoms with Gasteiger partial charge in [0.2, 0.25) is 11.8 Å². The molecule has 5 rings (SSSR count). The number of carbonyl (C=O) groups excluding carboxylic acids is 3. The van der Waals surface area contributed by atoms with Crippen molar-refractivity contribution in [1.29, 1.82) is 0 Å². The number of hydrogen-bond donors (Lipinski definition) is 2. The number of nitrogens with zero attached hydrogens (tertiary/aromatic N) is 6. The van der Waals surface area contributed by atoms with Crippen LogP contribution in [0.3, 0.4) is 0 Å². The topological polar surface area (TPSA) is 163 Å². The molecule has 1 atom stereocenters. The van der Waals surface area contributed by atoms with E-state index in [2.05, 4.69) is 36.4 Å². The fourth-order valence-corrected chi connectivity index (χ4v) is 4.64. The van der Waals surface area contributed by atoms with E-state index in [1.807, 2.05) is 0 Å². The van der Waals surface area contributed by atoms with Crippen molar-refractivity contribution in [3.63, 3.8) is 0 Å². The Bertz CT molecular complexity index is 1680. The highest BCUT2D eigenvalue weighted by atomic mass is 35.5. The molecular formula is C27H22Cl2N8O5. The molecule has 0 spiro atoms. The second kappa shape index (κ2) is 12.7. The molecule has 4 aromatic rings. The van der Waals surface area contributed by atoms with Crippen LogP contribution in [-0.4, -0.2) is 68.4 Å². The van der Waals surface area contributed by atoms with E-state index in [0.29, 0.717) is 38.8 Å². The molecule has 214 valence electrons. The molecule has 2 bridgehead atoms. The van der Waals surface area contributed by atoms with Crippen molar-refractivity contribution < 1.29 is 23.9 Å². The maximum atomic E-state index is 13.1. The normalized spacial score (nSPS) is 15.0. The number of fused-ring (bicyclic) bond motifs is 4. The third-order valence-corrected chi connectivity index (χ3v) is 6.75. The second-order valence-electron chi connectivity index (χ2n) is 8.93. The van der Waals surface area contributed by atoms with Crippen molar-refractivity contribution in [3.8, 4) is 22.7 Å². The SMILES string of the molecule is COC(=O)c1ccc2c(c1)OCCNC(=O)CC(NC(=O)/C=C/c1cc(Cl)ccc1-n1cnnn1)c1cc-2nnc1Cl. The maximum Gasteiger partial charge on any atom is 0.337 e. The van der Waals surface area contributed by atoms with Gasteiger partial charge in [0.1, 0.15) is 18.7 Å². The highest BCUT2D eigenvalue weighted by Crippen LogP contribution is 2.34. The summed E-state index contributed by atoms with van der Waals surface area (Å²) in [5, 5.41) is 25.5. The smallest absolute Gasteiger partial charge is 0.337 e. The molecule has 0 saturated carbocycles. The summed E-state index contributed by atoms with van der Waals surface area (Å²) in [6.45, 7) is 0.281. The summed E-state index contributed by atoms with van der Waals surface area (Å²) in [6.07, 6.45) is 4.14. The first kappa shape index (κ1) is 28.6. The van der Waals surface area contributed by atoms with E-state index in [9.17, 15) is 14.4 Å². The summed E-state index contributed by atoms with van der Waals surface area (Å²) in [6, 6.07) is 10.5. The van der Waals surface area contributed by atoms with Crippen LogP contribution in [0.25, 0.3) is 23.0 Å². The van der Waals surface area contributed by atoms with Crippen molar-refractivity contribution in [3.05, 3.63) is 81.7 Å². The van der Waals surface area contributed by atoms with Gasteiger partial charge in [0.05, 0.1) is 43.1 Å². The van der Waals surface area contributed by atoms with Gasteiger partial charge in [-0.05, 0) is 59.0 Å². The lowest BCUT2D eigenvalue weighted by Crippen LogP contribution is -2.35. The predicted octanol–water partition coefficient (Wildman–Crippen LogP) is 2.98. The van der Waals surface area contributed by atoms with Crippen LogP contribution in [0, 0.1) is 0 Å². The van der Waals surface area contributed by atoms with E-state index in [1.54, 1.807) is 42.5 Å². The Balaban J connectivity index is 1.47. The molecule has 42 heavy (non-hydrogen) atoms. The van der Waals surface area contributed by atoms with E-state index < -0.39 is 17.9 Å². The highest BCUT2D eigenvalue weighted by molar-refractivity contribution is 6.31.